The van der Waals surface area contributed by atoms with E-state index in [1.54, 1.807) is 0 Å². The molecule has 4 nitrogen and oxygen atoms in total. The first-order valence-corrected chi connectivity index (χ1v) is 15.8. The van der Waals surface area contributed by atoms with Crippen LogP contribution in [0.5, 0.6) is 0 Å². The van der Waals surface area contributed by atoms with Crippen molar-refractivity contribution in [3.05, 3.63) is 170 Å². The second-order valence-electron chi connectivity index (χ2n) is 11.7. The summed E-state index contributed by atoms with van der Waals surface area (Å²) in [6.45, 7) is 0. The van der Waals surface area contributed by atoms with Crippen molar-refractivity contribution < 1.29 is 0 Å². The van der Waals surface area contributed by atoms with Gasteiger partial charge in [-0.15, -0.1) is 0 Å². The highest BCUT2D eigenvalue weighted by Gasteiger charge is 2.19. The molecule has 0 aliphatic rings. The average molecular weight is 601 g/mol. The Morgan fingerprint density at radius 2 is 0.872 bits per heavy atom. The predicted octanol–water partition coefficient (Wildman–Crippen LogP) is 10.8. The van der Waals surface area contributed by atoms with E-state index in [1.807, 2.05) is 60.7 Å². The molecule has 0 fully saturated rings. The Morgan fingerprint density at radius 3 is 1.53 bits per heavy atom. The summed E-state index contributed by atoms with van der Waals surface area (Å²) in [7, 11) is 0. The standard InChI is InChI=1S/C43H28N4/c1-4-14-29(15-5-1)37-28-34(47-39-23-13-12-22-35(39)38-26-32-20-10-11-21-33(32)27-40(38)47)24-25-36(37)43-45-41(30-16-6-2-7-17-30)44-42(46-43)31-18-8-3-9-19-31/h1-28H. The summed E-state index contributed by atoms with van der Waals surface area (Å²) in [4.78, 5) is 15.1. The number of nitrogens with zero attached hydrogens (tertiary/aromatic N) is 4. The van der Waals surface area contributed by atoms with Crippen molar-refractivity contribution in [3.63, 3.8) is 0 Å². The zero-order valence-corrected chi connectivity index (χ0v) is 25.5. The largest absolute Gasteiger partial charge is 0.309 e. The maximum Gasteiger partial charge on any atom is 0.164 e. The molecular formula is C43H28N4. The van der Waals surface area contributed by atoms with E-state index in [2.05, 4.69) is 114 Å². The van der Waals surface area contributed by atoms with Crippen LogP contribution in [0.2, 0.25) is 0 Å². The molecule has 4 heteroatoms. The van der Waals surface area contributed by atoms with Gasteiger partial charge in [-0.2, -0.15) is 0 Å². The van der Waals surface area contributed by atoms with Crippen LogP contribution in [0.3, 0.4) is 0 Å². The third kappa shape index (κ3) is 4.75. The van der Waals surface area contributed by atoms with Gasteiger partial charge in [-0.05, 0) is 58.3 Å². The minimum absolute atomic E-state index is 0.635. The molecule has 0 bridgehead atoms. The number of para-hydroxylation sites is 1. The molecule has 0 aliphatic heterocycles. The van der Waals surface area contributed by atoms with Crippen LogP contribution in [-0.4, -0.2) is 19.5 Å². The predicted molar refractivity (Wildman–Crippen MR) is 193 cm³/mol. The fraction of sp³-hybridized carbons (Fsp3) is 0. The summed E-state index contributed by atoms with van der Waals surface area (Å²) in [5.74, 6) is 1.93. The Balaban J connectivity index is 1.31. The van der Waals surface area contributed by atoms with E-state index in [1.165, 1.54) is 32.6 Å². The van der Waals surface area contributed by atoms with Gasteiger partial charge in [0, 0.05) is 33.2 Å². The molecule has 9 aromatic rings. The van der Waals surface area contributed by atoms with Gasteiger partial charge in [0.05, 0.1) is 11.0 Å². The molecule has 9 rings (SSSR count). The molecule has 0 saturated carbocycles. The Morgan fingerprint density at radius 1 is 0.340 bits per heavy atom. The van der Waals surface area contributed by atoms with E-state index >= 15 is 0 Å². The molecule has 2 heterocycles. The molecule has 47 heavy (non-hydrogen) atoms. The van der Waals surface area contributed by atoms with Gasteiger partial charge in [-0.25, -0.2) is 15.0 Å². The summed E-state index contributed by atoms with van der Waals surface area (Å²) in [5.41, 5.74) is 8.42. The smallest absolute Gasteiger partial charge is 0.164 e. The van der Waals surface area contributed by atoms with Crippen LogP contribution in [0, 0.1) is 0 Å². The van der Waals surface area contributed by atoms with Crippen molar-refractivity contribution in [2.75, 3.05) is 0 Å². The lowest BCUT2D eigenvalue weighted by Gasteiger charge is -2.15. The minimum Gasteiger partial charge on any atom is -0.309 e. The van der Waals surface area contributed by atoms with Crippen LogP contribution in [0.25, 0.3) is 83.6 Å². The maximum absolute atomic E-state index is 5.08. The monoisotopic (exact) mass is 600 g/mol. The third-order valence-corrected chi connectivity index (χ3v) is 8.83. The van der Waals surface area contributed by atoms with E-state index in [0.29, 0.717) is 17.5 Å². The number of hydrogen-bond donors (Lipinski definition) is 0. The summed E-state index contributed by atoms with van der Waals surface area (Å²) in [5, 5.41) is 4.93. The van der Waals surface area contributed by atoms with Gasteiger partial charge in [0.25, 0.3) is 0 Å². The highest BCUT2D eigenvalue weighted by atomic mass is 15.0. The number of fused-ring (bicyclic) bond motifs is 4. The lowest BCUT2D eigenvalue weighted by Crippen LogP contribution is -2.02. The normalized spacial score (nSPS) is 11.4. The molecule has 7 aromatic carbocycles. The summed E-state index contributed by atoms with van der Waals surface area (Å²) in [6, 6.07) is 59.3. The third-order valence-electron chi connectivity index (χ3n) is 8.83. The van der Waals surface area contributed by atoms with Crippen LogP contribution < -0.4 is 0 Å². The first-order chi connectivity index (χ1) is 23.3. The SMILES string of the molecule is c1ccc(-c2nc(-c3ccccc3)nc(-c3ccc(-n4c5ccccc5c5cc6ccccc6cc54)cc3-c3ccccc3)n2)cc1. The molecule has 0 saturated heterocycles. The molecule has 0 unspecified atom stereocenters. The molecule has 0 amide bonds. The number of aromatic nitrogens is 4. The molecule has 0 N–H and O–H groups in total. The Labute approximate surface area is 272 Å². The number of rotatable bonds is 5. The van der Waals surface area contributed by atoms with Crippen molar-refractivity contribution in [1.29, 1.82) is 0 Å². The lowest BCUT2D eigenvalue weighted by atomic mass is 9.98. The van der Waals surface area contributed by atoms with Crippen molar-refractivity contribution in [1.82, 2.24) is 19.5 Å². The fourth-order valence-electron chi connectivity index (χ4n) is 6.59. The zero-order chi connectivity index (χ0) is 31.2. The van der Waals surface area contributed by atoms with E-state index < -0.39 is 0 Å². The number of hydrogen-bond acceptors (Lipinski definition) is 3. The first kappa shape index (κ1) is 27.0. The van der Waals surface area contributed by atoms with Gasteiger partial charge in [0.2, 0.25) is 0 Å². The van der Waals surface area contributed by atoms with Gasteiger partial charge in [-0.3, -0.25) is 0 Å². The van der Waals surface area contributed by atoms with Gasteiger partial charge in [-0.1, -0.05) is 133 Å². The Kier molecular flexibility index (Phi) is 6.43. The van der Waals surface area contributed by atoms with Gasteiger partial charge in [0.15, 0.2) is 17.5 Å². The van der Waals surface area contributed by atoms with Crippen LogP contribution in [-0.2, 0) is 0 Å². The molecule has 0 radical (unpaired) electrons. The lowest BCUT2D eigenvalue weighted by molar-refractivity contribution is 1.07. The van der Waals surface area contributed by atoms with Crippen molar-refractivity contribution in [3.8, 4) is 51.0 Å². The Bertz CT molecular complexity index is 2500. The minimum atomic E-state index is 0.635. The van der Waals surface area contributed by atoms with Crippen LogP contribution in [0.4, 0.5) is 0 Å². The highest BCUT2D eigenvalue weighted by Crippen LogP contribution is 2.38. The van der Waals surface area contributed by atoms with Crippen LogP contribution >= 0.6 is 0 Å². The van der Waals surface area contributed by atoms with E-state index in [9.17, 15) is 0 Å². The van der Waals surface area contributed by atoms with Crippen LogP contribution in [0.1, 0.15) is 0 Å². The second-order valence-corrected chi connectivity index (χ2v) is 11.7. The van der Waals surface area contributed by atoms with E-state index in [0.717, 1.165) is 33.5 Å². The van der Waals surface area contributed by atoms with Gasteiger partial charge in [0.1, 0.15) is 0 Å². The van der Waals surface area contributed by atoms with Gasteiger partial charge < -0.3 is 4.57 Å². The molecule has 220 valence electrons. The summed E-state index contributed by atoms with van der Waals surface area (Å²) < 4.78 is 2.38. The molecular weight excluding hydrogens is 573 g/mol. The van der Waals surface area contributed by atoms with Crippen LogP contribution in [0.15, 0.2) is 170 Å². The van der Waals surface area contributed by atoms with Crippen molar-refractivity contribution in [2.24, 2.45) is 0 Å². The van der Waals surface area contributed by atoms with Gasteiger partial charge >= 0.3 is 0 Å². The maximum atomic E-state index is 5.08. The highest BCUT2D eigenvalue weighted by molar-refractivity contribution is 6.13. The molecule has 2 aromatic heterocycles. The molecule has 0 aliphatic carbocycles. The average Bonchev–Trinajstić information content (AvgIpc) is 3.47. The summed E-state index contributed by atoms with van der Waals surface area (Å²) >= 11 is 0. The summed E-state index contributed by atoms with van der Waals surface area (Å²) in [6.07, 6.45) is 0. The van der Waals surface area contributed by atoms with E-state index in [4.69, 9.17) is 15.0 Å². The molecule has 0 atom stereocenters. The Hall–Kier alpha value is -6.39. The first-order valence-electron chi connectivity index (χ1n) is 15.8. The quantitative estimate of drug-likeness (QED) is 0.197. The fourth-order valence-corrected chi connectivity index (χ4v) is 6.59. The second kappa shape index (κ2) is 11.2. The van der Waals surface area contributed by atoms with Crippen molar-refractivity contribution in [2.45, 2.75) is 0 Å². The molecule has 0 spiro atoms. The number of benzene rings is 7. The van der Waals surface area contributed by atoms with Crippen molar-refractivity contribution >= 4 is 32.6 Å². The zero-order valence-electron chi connectivity index (χ0n) is 25.5. The topological polar surface area (TPSA) is 43.6 Å². The van der Waals surface area contributed by atoms with E-state index in [-0.39, 0.29) is 0 Å².